The maximum Gasteiger partial charge on any atom is 0.131 e. The molecule has 0 aliphatic carbocycles. The van der Waals surface area contributed by atoms with Crippen molar-refractivity contribution in [3.8, 4) is 16.9 Å². The molecule has 2 heterocycles. The fourth-order valence-corrected chi connectivity index (χ4v) is 3.72. The summed E-state index contributed by atoms with van der Waals surface area (Å²) in [5.41, 5.74) is 8.31. The SMILES string of the molecule is Cc1cccc(F)c1-c1cc(OC2CN(C(C)(C)C)C2)c2cc(N)ncc2c1. The standard InChI is InChI=1S/C23H26FN3O/c1-14-6-5-7-19(24)22(14)15-8-16-11-26-21(25)10-18(16)20(9-15)28-17-12-27(13-17)23(2,3)4/h5-11,17H,12-13H2,1-4H3,(H2,25,26). The summed E-state index contributed by atoms with van der Waals surface area (Å²) in [4.78, 5) is 6.58. The smallest absolute Gasteiger partial charge is 0.131 e. The lowest BCUT2D eigenvalue weighted by atomic mass is 9.96. The van der Waals surface area contributed by atoms with Crippen molar-refractivity contribution >= 4 is 16.6 Å². The van der Waals surface area contributed by atoms with Gasteiger partial charge in [-0.1, -0.05) is 12.1 Å². The van der Waals surface area contributed by atoms with Crippen LogP contribution in [-0.4, -0.2) is 34.6 Å². The van der Waals surface area contributed by atoms with Gasteiger partial charge < -0.3 is 10.5 Å². The minimum atomic E-state index is -0.240. The molecule has 4 rings (SSSR count). The number of benzene rings is 2. The van der Waals surface area contributed by atoms with Gasteiger partial charge in [-0.2, -0.15) is 0 Å². The second-order valence-electron chi connectivity index (χ2n) is 8.55. The molecule has 146 valence electrons. The summed E-state index contributed by atoms with van der Waals surface area (Å²) in [6.45, 7) is 10.3. The van der Waals surface area contributed by atoms with Crippen molar-refractivity contribution in [3.63, 3.8) is 0 Å². The number of fused-ring (bicyclic) bond motifs is 1. The lowest BCUT2D eigenvalue weighted by Crippen LogP contribution is -2.60. The highest BCUT2D eigenvalue weighted by Crippen LogP contribution is 2.37. The molecule has 0 bridgehead atoms. The van der Waals surface area contributed by atoms with E-state index in [-0.39, 0.29) is 17.5 Å². The molecule has 0 atom stereocenters. The number of rotatable bonds is 3. The van der Waals surface area contributed by atoms with Crippen LogP contribution in [-0.2, 0) is 0 Å². The van der Waals surface area contributed by atoms with Crippen LogP contribution in [0.4, 0.5) is 10.2 Å². The molecule has 1 aliphatic rings. The Morgan fingerprint density at radius 2 is 1.93 bits per heavy atom. The van der Waals surface area contributed by atoms with Crippen LogP contribution in [0.1, 0.15) is 26.3 Å². The van der Waals surface area contributed by atoms with Crippen LogP contribution in [0.5, 0.6) is 5.75 Å². The number of nitrogens with zero attached hydrogens (tertiary/aromatic N) is 2. The number of hydrogen-bond acceptors (Lipinski definition) is 4. The summed E-state index contributed by atoms with van der Waals surface area (Å²) in [5, 5.41) is 1.79. The number of ether oxygens (including phenoxy) is 1. The third-order valence-electron chi connectivity index (χ3n) is 5.42. The predicted molar refractivity (Wildman–Crippen MR) is 112 cm³/mol. The average molecular weight is 379 g/mol. The summed E-state index contributed by atoms with van der Waals surface area (Å²) in [6.07, 6.45) is 1.83. The molecule has 1 saturated heterocycles. The summed E-state index contributed by atoms with van der Waals surface area (Å²) >= 11 is 0. The summed E-state index contributed by atoms with van der Waals surface area (Å²) < 4.78 is 20.9. The van der Waals surface area contributed by atoms with Crippen LogP contribution in [0.15, 0.2) is 42.6 Å². The predicted octanol–water partition coefficient (Wildman–Crippen LogP) is 4.79. The first kappa shape index (κ1) is 18.7. The fraction of sp³-hybridized carbons (Fsp3) is 0.348. The molecular formula is C23H26FN3O. The van der Waals surface area contributed by atoms with E-state index in [1.165, 1.54) is 6.07 Å². The quantitative estimate of drug-likeness (QED) is 0.711. The molecule has 1 aliphatic heterocycles. The van der Waals surface area contributed by atoms with Crippen LogP contribution < -0.4 is 10.5 Å². The molecule has 4 nitrogen and oxygen atoms in total. The number of aryl methyl sites for hydroxylation is 1. The molecule has 5 heteroatoms. The molecule has 0 unspecified atom stereocenters. The largest absolute Gasteiger partial charge is 0.487 e. The van der Waals surface area contributed by atoms with Crippen molar-refractivity contribution in [2.24, 2.45) is 0 Å². The molecule has 2 N–H and O–H groups in total. The Hall–Kier alpha value is -2.66. The maximum atomic E-state index is 14.6. The van der Waals surface area contributed by atoms with E-state index < -0.39 is 0 Å². The summed E-state index contributed by atoms with van der Waals surface area (Å²) in [5.74, 6) is 0.927. The van der Waals surface area contributed by atoms with Crippen LogP contribution in [0.3, 0.4) is 0 Å². The Morgan fingerprint density at radius 3 is 2.61 bits per heavy atom. The van der Waals surface area contributed by atoms with Gasteiger partial charge in [-0.15, -0.1) is 0 Å². The third-order valence-corrected chi connectivity index (χ3v) is 5.42. The van der Waals surface area contributed by atoms with E-state index in [2.05, 4.69) is 30.7 Å². The number of anilines is 1. The molecule has 1 fully saturated rings. The number of halogens is 1. The van der Waals surface area contributed by atoms with E-state index in [0.717, 1.165) is 40.7 Å². The molecule has 0 amide bonds. The number of hydrogen-bond donors (Lipinski definition) is 1. The van der Waals surface area contributed by atoms with Gasteiger partial charge in [0.1, 0.15) is 23.5 Å². The van der Waals surface area contributed by atoms with Gasteiger partial charge in [0.25, 0.3) is 0 Å². The molecule has 2 aromatic carbocycles. The van der Waals surface area contributed by atoms with Crippen molar-refractivity contribution in [3.05, 3.63) is 54.0 Å². The molecule has 0 saturated carbocycles. The zero-order valence-corrected chi connectivity index (χ0v) is 16.8. The Labute approximate surface area is 165 Å². The number of likely N-dealkylation sites (tertiary alicyclic amines) is 1. The summed E-state index contributed by atoms with van der Waals surface area (Å²) in [7, 11) is 0. The molecule has 3 aromatic rings. The van der Waals surface area contributed by atoms with E-state index in [1.54, 1.807) is 12.3 Å². The Balaban J connectivity index is 1.75. The van der Waals surface area contributed by atoms with Gasteiger partial charge in [-0.3, -0.25) is 4.90 Å². The summed E-state index contributed by atoms with van der Waals surface area (Å²) in [6, 6.07) is 10.8. The Morgan fingerprint density at radius 1 is 1.18 bits per heavy atom. The third kappa shape index (κ3) is 3.42. The van der Waals surface area contributed by atoms with E-state index >= 15 is 0 Å². The fourth-order valence-electron chi connectivity index (χ4n) is 3.72. The first-order valence-corrected chi connectivity index (χ1v) is 9.59. The van der Waals surface area contributed by atoms with E-state index in [0.29, 0.717) is 11.4 Å². The number of aromatic nitrogens is 1. The highest BCUT2D eigenvalue weighted by Gasteiger charge is 2.36. The van der Waals surface area contributed by atoms with E-state index in [1.807, 2.05) is 31.2 Å². The number of pyridine rings is 1. The molecule has 0 radical (unpaired) electrons. The normalized spacial score (nSPS) is 15.6. The van der Waals surface area contributed by atoms with Gasteiger partial charge in [-0.25, -0.2) is 9.37 Å². The molecule has 28 heavy (non-hydrogen) atoms. The van der Waals surface area contributed by atoms with Gasteiger partial charge in [-0.05, 0) is 63.1 Å². The van der Waals surface area contributed by atoms with Gasteiger partial charge in [0, 0.05) is 41.2 Å². The topological polar surface area (TPSA) is 51.4 Å². The second kappa shape index (κ2) is 6.74. The highest BCUT2D eigenvalue weighted by molar-refractivity contribution is 5.94. The van der Waals surface area contributed by atoms with Crippen molar-refractivity contribution < 1.29 is 9.13 Å². The Bertz CT molecular complexity index is 1020. The molecule has 0 spiro atoms. The first-order valence-electron chi connectivity index (χ1n) is 9.59. The maximum absolute atomic E-state index is 14.6. The average Bonchev–Trinajstić information content (AvgIpc) is 2.56. The Kier molecular flexibility index (Phi) is 4.50. The van der Waals surface area contributed by atoms with E-state index in [4.69, 9.17) is 10.5 Å². The second-order valence-corrected chi connectivity index (χ2v) is 8.55. The van der Waals surface area contributed by atoms with Crippen molar-refractivity contribution in [2.45, 2.75) is 39.3 Å². The highest BCUT2D eigenvalue weighted by atomic mass is 19.1. The van der Waals surface area contributed by atoms with Crippen LogP contribution in [0.2, 0.25) is 0 Å². The van der Waals surface area contributed by atoms with Gasteiger partial charge in [0.05, 0.1) is 0 Å². The van der Waals surface area contributed by atoms with Gasteiger partial charge in [0.2, 0.25) is 0 Å². The minimum Gasteiger partial charge on any atom is -0.487 e. The van der Waals surface area contributed by atoms with Crippen LogP contribution >= 0.6 is 0 Å². The minimum absolute atomic E-state index is 0.105. The van der Waals surface area contributed by atoms with Crippen LogP contribution in [0, 0.1) is 12.7 Å². The lowest BCUT2D eigenvalue weighted by molar-refractivity contribution is -0.0343. The monoisotopic (exact) mass is 379 g/mol. The molecule has 1 aromatic heterocycles. The molecular weight excluding hydrogens is 353 g/mol. The number of nitrogens with two attached hydrogens (primary N) is 1. The lowest BCUT2D eigenvalue weighted by Gasteiger charge is -2.47. The van der Waals surface area contributed by atoms with Crippen molar-refractivity contribution in [1.29, 1.82) is 0 Å². The van der Waals surface area contributed by atoms with Crippen LogP contribution in [0.25, 0.3) is 21.9 Å². The van der Waals surface area contributed by atoms with Gasteiger partial charge >= 0.3 is 0 Å². The zero-order chi connectivity index (χ0) is 20.1. The number of nitrogen functional groups attached to an aromatic ring is 1. The first-order chi connectivity index (χ1) is 13.2. The zero-order valence-electron chi connectivity index (χ0n) is 16.8. The van der Waals surface area contributed by atoms with Crippen molar-refractivity contribution in [1.82, 2.24) is 9.88 Å². The van der Waals surface area contributed by atoms with Gasteiger partial charge in [0.15, 0.2) is 0 Å². The van der Waals surface area contributed by atoms with E-state index in [9.17, 15) is 4.39 Å². The van der Waals surface area contributed by atoms with Crippen molar-refractivity contribution in [2.75, 3.05) is 18.8 Å².